The summed E-state index contributed by atoms with van der Waals surface area (Å²) >= 11 is 0. The number of anilines is 1. The highest BCUT2D eigenvalue weighted by molar-refractivity contribution is 5.98. The number of rotatable bonds is 3. The summed E-state index contributed by atoms with van der Waals surface area (Å²) in [5.41, 5.74) is 1.22. The number of hydrogen-bond donors (Lipinski definition) is 2. The van der Waals surface area contributed by atoms with Crippen LogP contribution in [0.5, 0.6) is 0 Å². The highest BCUT2D eigenvalue weighted by Crippen LogP contribution is 2.20. The quantitative estimate of drug-likeness (QED) is 0.865. The second kappa shape index (κ2) is 5.32. The number of hydrogen-bond acceptors (Lipinski definition) is 3. The van der Waals surface area contributed by atoms with Crippen molar-refractivity contribution in [3.05, 3.63) is 29.3 Å². The van der Waals surface area contributed by atoms with Gasteiger partial charge in [-0.25, -0.2) is 4.79 Å². The molecule has 6 nitrogen and oxygen atoms in total. The van der Waals surface area contributed by atoms with Crippen molar-refractivity contribution >= 4 is 23.5 Å². The van der Waals surface area contributed by atoms with E-state index in [0.29, 0.717) is 17.8 Å². The molecule has 2 rings (SSSR count). The van der Waals surface area contributed by atoms with Gasteiger partial charge < -0.3 is 15.3 Å². The van der Waals surface area contributed by atoms with Crippen LogP contribution < -0.4 is 5.32 Å². The van der Waals surface area contributed by atoms with Crippen LogP contribution in [0.1, 0.15) is 22.3 Å². The van der Waals surface area contributed by atoms with Crippen molar-refractivity contribution < 1.29 is 19.5 Å². The molecule has 20 heavy (non-hydrogen) atoms. The fourth-order valence-corrected chi connectivity index (χ4v) is 2.21. The molecule has 1 aromatic rings. The molecule has 0 saturated carbocycles. The zero-order chi connectivity index (χ0) is 14.9. The van der Waals surface area contributed by atoms with E-state index in [1.54, 1.807) is 26.1 Å². The van der Waals surface area contributed by atoms with Gasteiger partial charge in [-0.05, 0) is 24.6 Å². The number of carbonyl (C=O) groups is 3. The van der Waals surface area contributed by atoms with Gasteiger partial charge >= 0.3 is 5.97 Å². The number of carboxylic acid groups (broad SMARTS) is 1. The number of likely N-dealkylation sites (tertiary alicyclic amines) is 1. The molecular weight excluding hydrogens is 260 g/mol. The molecule has 0 bridgehead atoms. The molecule has 1 heterocycles. The minimum Gasteiger partial charge on any atom is -0.478 e. The monoisotopic (exact) mass is 276 g/mol. The zero-order valence-corrected chi connectivity index (χ0v) is 11.3. The minimum atomic E-state index is -1.03. The van der Waals surface area contributed by atoms with Gasteiger partial charge in [-0.1, -0.05) is 6.07 Å². The van der Waals surface area contributed by atoms with Crippen LogP contribution in [0.2, 0.25) is 0 Å². The molecule has 0 spiro atoms. The highest BCUT2D eigenvalue weighted by atomic mass is 16.4. The average Bonchev–Trinajstić information content (AvgIpc) is 2.72. The van der Waals surface area contributed by atoms with Crippen molar-refractivity contribution in [1.82, 2.24) is 4.90 Å². The summed E-state index contributed by atoms with van der Waals surface area (Å²) < 4.78 is 0. The van der Waals surface area contributed by atoms with Crippen molar-refractivity contribution in [1.29, 1.82) is 0 Å². The van der Waals surface area contributed by atoms with Crippen LogP contribution in [0.15, 0.2) is 18.2 Å². The molecule has 6 heteroatoms. The fraction of sp³-hybridized carbons (Fsp3) is 0.357. The largest absolute Gasteiger partial charge is 0.478 e. The van der Waals surface area contributed by atoms with Crippen LogP contribution in [-0.4, -0.2) is 41.4 Å². The number of nitrogens with zero attached hydrogens (tertiary/aromatic N) is 1. The second-order valence-electron chi connectivity index (χ2n) is 5.00. The van der Waals surface area contributed by atoms with Gasteiger partial charge in [-0.15, -0.1) is 0 Å². The number of amides is 2. The molecule has 106 valence electrons. The van der Waals surface area contributed by atoms with Crippen LogP contribution in [0.4, 0.5) is 5.69 Å². The first-order chi connectivity index (χ1) is 9.38. The Kier molecular flexibility index (Phi) is 3.74. The van der Waals surface area contributed by atoms with E-state index in [0.717, 1.165) is 0 Å². The predicted octanol–water partition coefficient (Wildman–Crippen LogP) is 1.11. The lowest BCUT2D eigenvalue weighted by Crippen LogP contribution is -2.25. The molecule has 1 unspecified atom stereocenters. The molecule has 0 aliphatic carbocycles. The molecule has 1 fully saturated rings. The van der Waals surface area contributed by atoms with Crippen molar-refractivity contribution in [2.75, 3.05) is 18.9 Å². The van der Waals surface area contributed by atoms with Crippen molar-refractivity contribution in [2.24, 2.45) is 5.92 Å². The Bertz CT molecular complexity index is 583. The lowest BCUT2D eigenvalue weighted by atomic mass is 10.1. The Hall–Kier alpha value is -2.37. The maximum absolute atomic E-state index is 12.0. The Labute approximate surface area is 116 Å². The summed E-state index contributed by atoms with van der Waals surface area (Å²) in [4.78, 5) is 36.0. The van der Waals surface area contributed by atoms with E-state index in [-0.39, 0.29) is 29.7 Å². The molecule has 1 aliphatic heterocycles. The van der Waals surface area contributed by atoms with Gasteiger partial charge in [-0.3, -0.25) is 9.59 Å². The summed E-state index contributed by atoms with van der Waals surface area (Å²) in [7, 11) is 1.66. The molecule has 2 amide bonds. The lowest BCUT2D eigenvalue weighted by molar-refractivity contribution is -0.127. The molecule has 0 radical (unpaired) electrons. The first-order valence-electron chi connectivity index (χ1n) is 6.27. The highest BCUT2D eigenvalue weighted by Gasteiger charge is 2.32. The Morgan fingerprint density at radius 2 is 2.10 bits per heavy atom. The predicted molar refractivity (Wildman–Crippen MR) is 72.5 cm³/mol. The Balaban J connectivity index is 2.11. The number of aryl methyl sites for hydroxylation is 1. The van der Waals surface area contributed by atoms with Crippen molar-refractivity contribution in [3.8, 4) is 0 Å². The standard InChI is InChI=1S/C14H16N2O4/c1-8-3-4-10(6-11(8)14(19)20)15-13(18)9-5-12(17)16(2)7-9/h3-4,6,9H,5,7H2,1-2H3,(H,15,18)(H,19,20). The maximum atomic E-state index is 12.0. The van der Waals surface area contributed by atoms with E-state index in [4.69, 9.17) is 5.11 Å². The smallest absolute Gasteiger partial charge is 0.336 e. The third-order valence-corrected chi connectivity index (χ3v) is 3.45. The minimum absolute atomic E-state index is 0.0553. The van der Waals surface area contributed by atoms with Gasteiger partial charge in [0.25, 0.3) is 0 Å². The second-order valence-corrected chi connectivity index (χ2v) is 5.00. The van der Waals surface area contributed by atoms with E-state index in [1.165, 1.54) is 11.0 Å². The number of carbonyl (C=O) groups excluding carboxylic acids is 2. The van der Waals surface area contributed by atoms with Crippen LogP contribution in [0.3, 0.4) is 0 Å². The number of nitrogens with one attached hydrogen (secondary N) is 1. The molecule has 2 N–H and O–H groups in total. The number of carboxylic acids is 1. The molecule has 1 saturated heterocycles. The van der Waals surface area contributed by atoms with Crippen molar-refractivity contribution in [2.45, 2.75) is 13.3 Å². The molecular formula is C14H16N2O4. The van der Waals surface area contributed by atoms with E-state index >= 15 is 0 Å². The summed E-state index contributed by atoms with van der Waals surface area (Å²) in [6, 6.07) is 4.72. The van der Waals surface area contributed by atoms with Gasteiger partial charge in [0.05, 0.1) is 11.5 Å². The summed E-state index contributed by atoms with van der Waals surface area (Å²) in [6.07, 6.45) is 0.194. The summed E-state index contributed by atoms with van der Waals surface area (Å²) in [5, 5.41) is 11.7. The number of benzene rings is 1. The maximum Gasteiger partial charge on any atom is 0.336 e. The molecule has 0 aromatic heterocycles. The molecule has 1 atom stereocenters. The van der Waals surface area contributed by atoms with Crippen LogP contribution >= 0.6 is 0 Å². The van der Waals surface area contributed by atoms with E-state index < -0.39 is 5.97 Å². The van der Waals surface area contributed by atoms with Crippen molar-refractivity contribution in [3.63, 3.8) is 0 Å². The SMILES string of the molecule is Cc1ccc(NC(=O)C2CC(=O)N(C)C2)cc1C(=O)O. The summed E-state index contributed by atoms with van der Waals surface area (Å²) in [5.74, 6) is -1.74. The molecule has 1 aliphatic rings. The van der Waals surface area contributed by atoms with Crippen LogP contribution in [0.25, 0.3) is 0 Å². The normalized spacial score (nSPS) is 18.2. The summed E-state index contributed by atoms with van der Waals surface area (Å²) in [6.45, 7) is 2.09. The van der Waals surface area contributed by atoms with Gasteiger partial charge in [0.15, 0.2) is 0 Å². The van der Waals surface area contributed by atoms with Gasteiger partial charge in [0.1, 0.15) is 0 Å². The Morgan fingerprint density at radius 1 is 1.40 bits per heavy atom. The molecule has 1 aromatic carbocycles. The first-order valence-corrected chi connectivity index (χ1v) is 6.27. The Morgan fingerprint density at radius 3 is 2.65 bits per heavy atom. The fourth-order valence-electron chi connectivity index (χ4n) is 2.21. The van der Waals surface area contributed by atoms with E-state index in [1.807, 2.05) is 0 Å². The topological polar surface area (TPSA) is 86.7 Å². The van der Waals surface area contributed by atoms with Gasteiger partial charge in [0, 0.05) is 25.7 Å². The van der Waals surface area contributed by atoms with Gasteiger partial charge in [-0.2, -0.15) is 0 Å². The van der Waals surface area contributed by atoms with Gasteiger partial charge in [0.2, 0.25) is 11.8 Å². The van der Waals surface area contributed by atoms with E-state index in [2.05, 4.69) is 5.32 Å². The third-order valence-electron chi connectivity index (χ3n) is 3.45. The van der Waals surface area contributed by atoms with Crippen LogP contribution in [0, 0.1) is 12.8 Å². The average molecular weight is 276 g/mol. The lowest BCUT2D eigenvalue weighted by Gasteiger charge is -2.12. The number of aromatic carboxylic acids is 1. The third kappa shape index (κ3) is 2.79. The van der Waals surface area contributed by atoms with Crippen LogP contribution in [-0.2, 0) is 9.59 Å². The zero-order valence-electron chi connectivity index (χ0n) is 11.3. The first kappa shape index (κ1) is 14.0. The van der Waals surface area contributed by atoms with E-state index in [9.17, 15) is 14.4 Å².